The average Bonchev–Trinajstić information content (AvgIpc) is 2.80. The zero-order chi connectivity index (χ0) is 24.7. The van der Waals surface area contributed by atoms with Crippen molar-refractivity contribution in [1.82, 2.24) is 0 Å². The van der Waals surface area contributed by atoms with Crippen LogP contribution in [0.25, 0.3) is 0 Å². The van der Waals surface area contributed by atoms with E-state index >= 15 is 0 Å². The fourth-order valence-electron chi connectivity index (χ4n) is 4.90. The lowest BCUT2D eigenvalue weighted by atomic mass is 9.78. The third-order valence-electron chi connectivity index (χ3n) is 6.62. The molecule has 0 heterocycles. The monoisotopic (exact) mass is 522 g/mol. The second kappa shape index (κ2) is 12.2. The van der Waals surface area contributed by atoms with Crippen molar-refractivity contribution in [2.45, 2.75) is 54.7 Å². The van der Waals surface area contributed by atoms with Crippen molar-refractivity contribution < 1.29 is 19.5 Å². The molecule has 34 heavy (non-hydrogen) atoms. The predicted octanol–water partition coefficient (Wildman–Crippen LogP) is 7.00. The Hall–Kier alpha value is -1.88. The van der Waals surface area contributed by atoms with Crippen molar-refractivity contribution in [3.63, 3.8) is 0 Å². The molecule has 0 saturated heterocycles. The summed E-state index contributed by atoms with van der Waals surface area (Å²) in [5.41, 5.74) is 1.69. The lowest BCUT2D eigenvalue weighted by Gasteiger charge is -2.28. The Morgan fingerprint density at radius 3 is 1.94 bits per heavy atom. The molecule has 1 saturated carbocycles. The average molecular weight is 524 g/mol. The summed E-state index contributed by atoms with van der Waals surface area (Å²) in [5, 5.41) is 9.31. The van der Waals surface area contributed by atoms with E-state index in [-0.39, 0.29) is 36.7 Å². The van der Waals surface area contributed by atoms with Crippen LogP contribution in [0, 0.1) is 17.8 Å². The largest absolute Gasteiger partial charge is 0.481 e. The van der Waals surface area contributed by atoms with Crippen LogP contribution in [0.15, 0.2) is 60.7 Å². The number of carboxylic acid groups (broad SMARTS) is 1. The van der Waals surface area contributed by atoms with Gasteiger partial charge in [0.05, 0.1) is 11.8 Å². The first-order chi connectivity index (χ1) is 16.1. The second-order valence-electron chi connectivity index (χ2n) is 9.18. The molecule has 1 N–H and O–H groups in total. The van der Waals surface area contributed by atoms with E-state index in [0.717, 1.165) is 24.0 Å². The fourth-order valence-corrected chi connectivity index (χ4v) is 5.36. The Bertz CT molecular complexity index is 933. The van der Waals surface area contributed by atoms with E-state index < -0.39 is 27.5 Å². The van der Waals surface area contributed by atoms with Gasteiger partial charge in [-0.1, -0.05) is 102 Å². The van der Waals surface area contributed by atoms with E-state index in [1.165, 1.54) is 0 Å². The molecular formula is C27H29Cl3O4. The van der Waals surface area contributed by atoms with E-state index in [1.807, 2.05) is 60.7 Å². The molecule has 4 nitrogen and oxygen atoms in total. The first-order valence-corrected chi connectivity index (χ1v) is 12.7. The van der Waals surface area contributed by atoms with Crippen LogP contribution in [-0.4, -0.2) is 26.4 Å². The Balaban J connectivity index is 1.73. The lowest BCUT2D eigenvalue weighted by molar-refractivity contribution is -0.143. The van der Waals surface area contributed by atoms with Crippen LogP contribution in [0.2, 0.25) is 0 Å². The van der Waals surface area contributed by atoms with Crippen molar-refractivity contribution in [1.29, 1.82) is 0 Å². The van der Waals surface area contributed by atoms with Crippen LogP contribution in [0.1, 0.15) is 62.0 Å². The maximum Gasteiger partial charge on any atom is 0.306 e. The summed E-state index contributed by atoms with van der Waals surface area (Å²) in [5.74, 6) is -2.73. The van der Waals surface area contributed by atoms with Gasteiger partial charge in [-0.05, 0) is 36.3 Å². The van der Waals surface area contributed by atoms with E-state index in [4.69, 9.17) is 34.8 Å². The molecule has 3 rings (SSSR count). The molecule has 0 aliphatic heterocycles. The van der Waals surface area contributed by atoms with Crippen LogP contribution in [0.5, 0.6) is 0 Å². The summed E-state index contributed by atoms with van der Waals surface area (Å²) in [6, 6.07) is 18.9. The van der Waals surface area contributed by atoms with Gasteiger partial charge in [0.15, 0.2) is 3.79 Å². The third kappa shape index (κ3) is 7.56. The molecule has 2 aromatic carbocycles. The van der Waals surface area contributed by atoms with Gasteiger partial charge in [-0.15, -0.1) is 0 Å². The molecule has 1 fully saturated rings. The number of rotatable bonds is 10. The predicted molar refractivity (Wildman–Crippen MR) is 135 cm³/mol. The van der Waals surface area contributed by atoms with E-state index in [2.05, 4.69) is 0 Å². The summed E-state index contributed by atoms with van der Waals surface area (Å²) < 4.78 is -1.78. The highest BCUT2D eigenvalue weighted by molar-refractivity contribution is 6.67. The van der Waals surface area contributed by atoms with E-state index in [1.54, 1.807) is 0 Å². The molecule has 3 atom stereocenters. The molecule has 1 aliphatic rings. The second-order valence-corrected chi connectivity index (χ2v) is 11.5. The van der Waals surface area contributed by atoms with Gasteiger partial charge >= 0.3 is 5.97 Å². The molecular weight excluding hydrogens is 495 g/mol. The molecule has 0 aromatic heterocycles. The minimum atomic E-state index is -1.78. The molecule has 3 unspecified atom stereocenters. The van der Waals surface area contributed by atoms with Gasteiger partial charge in [-0.25, -0.2) is 0 Å². The maximum atomic E-state index is 13.5. The van der Waals surface area contributed by atoms with Crippen molar-refractivity contribution in [2.24, 2.45) is 17.8 Å². The zero-order valence-corrected chi connectivity index (χ0v) is 21.1. The van der Waals surface area contributed by atoms with Crippen molar-refractivity contribution in [3.05, 3.63) is 71.8 Å². The highest BCUT2D eigenvalue weighted by atomic mass is 35.6. The van der Waals surface area contributed by atoms with Crippen LogP contribution in [-0.2, 0) is 14.4 Å². The smallest absolute Gasteiger partial charge is 0.306 e. The summed E-state index contributed by atoms with van der Waals surface area (Å²) in [4.78, 5) is 37.8. The maximum absolute atomic E-state index is 13.5. The summed E-state index contributed by atoms with van der Waals surface area (Å²) >= 11 is 18.7. The number of aliphatic carboxylic acids is 1. The Morgan fingerprint density at radius 2 is 1.44 bits per heavy atom. The number of alkyl halides is 3. The minimum Gasteiger partial charge on any atom is -0.481 e. The Labute approximate surface area is 215 Å². The lowest BCUT2D eigenvalue weighted by Crippen LogP contribution is -2.29. The first-order valence-electron chi connectivity index (χ1n) is 11.6. The molecule has 2 aromatic rings. The van der Waals surface area contributed by atoms with Gasteiger partial charge in [0.1, 0.15) is 11.6 Å². The Kier molecular flexibility index (Phi) is 9.58. The third-order valence-corrected chi connectivity index (χ3v) is 7.55. The number of carboxylic acids is 1. The van der Waals surface area contributed by atoms with Crippen molar-refractivity contribution in [2.75, 3.05) is 0 Å². The quantitative estimate of drug-likeness (QED) is 0.340. The normalized spacial score (nSPS) is 19.5. The first kappa shape index (κ1) is 26.7. The number of benzene rings is 2. The summed E-state index contributed by atoms with van der Waals surface area (Å²) in [6.45, 7) is 0. The standard InChI is InChI=1S/C27H29Cl3O4/c28-27(29,30)22(16-23(31)15-18-8-7-13-21(14-18)26(33)34)17-24(32)25(19-9-3-1-4-10-19)20-11-5-2-6-12-20/h1-6,9-12,18,21-22,25H,7-8,13-17H2,(H,33,34). The molecule has 0 amide bonds. The number of Topliss-reactive ketones (excluding diaryl/α,β-unsaturated/α-hetero) is 2. The number of hydrogen-bond acceptors (Lipinski definition) is 3. The molecule has 0 spiro atoms. The highest BCUT2D eigenvalue weighted by Gasteiger charge is 2.38. The summed E-state index contributed by atoms with van der Waals surface area (Å²) in [7, 11) is 0. The Morgan fingerprint density at radius 1 is 0.882 bits per heavy atom. The zero-order valence-electron chi connectivity index (χ0n) is 18.8. The van der Waals surface area contributed by atoms with Gasteiger partial charge in [-0.3, -0.25) is 14.4 Å². The molecule has 7 heteroatoms. The number of halogens is 3. The minimum absolute atomic E-state index is 0.00969. The van der Waals surface area contributed by atoms with Gasteiger partial charge in [0, 0.05) is 25.2 Å². The van der Waals surface area contributed by atoms with Crippen LogP contribution in [0.3, 0.4) is 0 Å². The topological polar surface area (TPSA) is 71.4 Å². The van der Waals surface area contributed by atoms with Crippen molar-refractivity contribution >= 4 is 52.3 Å². The number of hydrogen-bond donors (Lipinski definition) is 1. The van der Waals surface area contributed by atoms with E-state index in [9.17, 15) is 19.5 Å². The number of ketones is 2. The van der Waals surface area contributed by atoms with Crippen molar-refractivity contribution in [3.8, 4) is 0 Å². The summed E-state index contributed by atoms with van der Waals surface area (Å²) in [6.07, 6.45) is 2.89. The van der Waals surface area contributed by atoms with Crippen LogP contribution in [0.4, 0.5) is 0 Å². The number of carbonyl (C=O) groups is 3. The van der Waals surface area contributed by atoms with Gasteiger partial charge in [0.2, 0.25) is 0 Å². The number of carbonyl (C=O) groups excluding carboxylic acids is 2. The van der Waals surface area contributed by atoms with Gasteiger partial charge < -0.3 is 5.11 Å². The van der Waals surface area contributed by atoms with E-state index in [0.29, 0.717) is 12.8 Å². The molecule has 0 bridgehead atoms. The SMILES string of the molecule is O=C(CC1CCCC(C(=O)O)C1)CC(CC(=O)C(c1ccccc1)c1ccccc1)C(Cl)(Cl)Cl. The van der Waals surface area contributed by atoms with Crippen LogP contribution >= 0.6 is 34.8 Å². The van der Waals surface area contributed by atoms with Gasteiger partial charge in [-0.2, -0.15) is 0 Å². The van der Waals surface area contributed by atoms with Gasteiger partial charge in [0.25, 0.3) is 0 Å². The highest BCUT2D eigenvalue weighted by Crippen LogP contribution is 2.42. The molecule has 0 radical (unpaired) electrons. The fraction of sp³-hybridized carbons (Fsp3) is 0.444. The molecule has 1 aliphatic carbocycles. The molecule has 182 valence electrons. The van der Waals surface area contributed by atoms with Crippen LogP contribution < -0.4 is 0 Å².